The molecule has 0 aliphatic carbocycles. The summed E-state index contributed by atoms with van der Waals surface area (Å²) in [4.78, 5) is 37.0. The lowest BCUT2D eigenvalue weighted by atomic mass is 9.86. The highest BCUT2D eigenvalue weighted by molar-refractivity contribution is 5.94. The molecule has 1 atom stereocenters. The predicted molar refractivity (Wildman–Crippen MR) is 82.8 cm³/mol. The molecule has 1 fully saturated rings. The lowest BCUT2D eigenvalue weighted by molar-refractivity contribution is -0.131. The van der Waals surface area contributed by atoms with Crippen LogP contribution in [-0.4, -0.2) is 42.1 Å². The molecule has 124 valence electrons. The third-order valence-electron chi connectivity index (χ3n) is 3.65. The fraction of sp³-hybridized carbons (Fsp3) is 0.471. The van der Waals surface area contributed by atoms with Crippen molar-refractivity contribution in [3.05, 3.63) is 35.9 Å². The molecule has 6 heteroatoms. The van der Waals surface area contributed by atoms with Crippen molar-refractivity contribution < 1.29 is 23.9 Å². The minimum atomic E-state index is -0.642. The summed E-state index contributed by atoms with van der Waals surface area (Å²) in [5, 5.41) is 0. The minimum Gasteiger partial charge on any atom is -0.458 e. The predicted octanol–water partition coefficient (Wildman–Crippen LogP) is 2.63. The molecule has 6 nitrogen and oxygen atoms in total. The normalized spacial score (nSPS) is 16.0. The van der Waals surface area contributed by atoms with Crippen LogP contribution in [-0.2, 0) is 14.3 Å². The van der Waals surface area contributed by atoms with Crippen LogP contribution in [0.4, 0.5) is 4.79 Å². The van der Waals surface area contributed by atoms with Gasteiger partial charge in [0, 0.05) is 0 Å². The number of hydrogen-bond donors (Lipinski definition) is 0. The van der Waals surface area contributed by atoms with E-state index in [0.29, 0.717) is 5.56 Å². The Morgan fingerprint density at radius 1 is 1.26 bits per heavy atom. The van der Waals surface area contributed by atoms with E-state index in [1.165, 1.54) is 0 Å². The Bertz CT molecular complexity index is 591. The number of hydrogen-bond acceptors (Lipinski definition) is 5. The van der Waals surface area contributed by atoms with Crippen LogP contribution >= 0.6 is 0 Å². The van der Waals surface area contributed by atoms with E-state index in [2.05, 4.69) is 0 Å². The van der Waals surface area contributed by atoms with Gasteiger partial charge in [0.1, 0.15) is 12.7 Å². The Balaban J connectivity index is 2.07. The summed E-state index contributed by atoms with van der Waals surface area (Å²) in [7, 11) is 0. The number of ether oxygens (including phenoxy) is 2. The van der Waals surface area contributed by atoms with Crippen LogP contribution in [0.3, 0.4) is 0 Å². The smallest absolute Gasteiger partial charge is 0.416 e. The molecule has 1 aliphatic heterocycles. The Labute approximate surface area is 135 Å². The fourth-order valence-electron chi connectivity index (χ4n) is 2.18. The maximum Gasteiger partial charge on any atom is 0.416 e. The molecule has 1 aromatic rings. The third-order valence-corrected chi connectivity index (χ3v) is 3.65. The van der Waals surface area contributed by atoms with E-state index in [9.17, 15) is 14.4 Å². The molecule has 0 N–H and O–H groups in total. The van der Waals surface area contributed by atoms with Crippen LogP contribution in [0.15, 0.2) is 30.3 Å². The SMILES string of the molecule is CC(C)(C)C(CC(=O)N1CCOC1=O)OC(=O)c1ccccc1. The van der Waals surface area contributed by atoms with E-state index in [-0.39, 0.29) is 19.6 Å². The second-order valence-electron chi connectivity index (χ2n) is 6.49. The Morgan fingerprint density at radius 3 is 2.43 bits per heavy atom. The number of imide groups is 1. The molecule has 23 heavy (non-hydrogen) atoms. The summed E-state index contributed by atoms with van der Waals surface area (Å²) in [6.45, 7) is 6.08. The van der Waals surface area contributed by atoms with Gasteiger partial charge in [-0.1, -0.05) is 39.0 Å². The first-order valence-electron chi connectivity index (χ1n) is 7.52. The third kappa shape index (κ3) is 4.31. The van der Waals surface area contributed by atoms with Gasteiger partial charge in [0.05, 0.1) is 18.5 Å². The molecule has 0 radical (unpaired) electrons. The highest BCUT2D eigenvalue weighted by Crippen LogP contribution is 2.27. The molecule has 2 amide bonds. The van der Waals surface area contributed by atoms with Gasteiger partial charge in [-0.15, -0.1) is 0 Å². The Hall–Kier alpha value is -2.37. The summed E-state index contributed by atoms with van der Waals surface area (Å²) >= 11 is 0. The van der Waals surface area contributed by atoms with Crippen molar-refractivity contribution in [3.63, 3.8) is 0 Å². The summed E-state index contributed by atoms with van der Waals surface area (Å²) in [5.74, 6) is -0.879. The van der Waals surface area contributed by atoms with Crippen molar-refractivity contribution in [1.29, 1.82) is 0 Å². The summed E-state index contributed by atoms with van der Waals surface area (Å²) in [6.07, 6.45) is -1.34. The number of carbonyl (C=O) groups excluding carboxylic acids is 3. The van der Waals surface area contributed by atoms with E-state index in [4.69, 9.17) is 9.47 Å². The van der Waals surface area contributed by atoms with Crippen molar-refractivity contribution >= 4 is 18.0 Å². The zero-order valence-corrected chi connectivity index (χ0v) is 13.6. The first-order valence-corrected chi connectivity index (χ1v) is 7.52. The highest BCUT2D eigenvalue weighted by Gasteiger charge is 2.36. The van der Waals surface area contributed by atoms with Crippen molar-refractivity contribution in [1.82, 2.24) is 4.90 Å². The second-order valence-corrected chi connectivity index (χ2v) is 6.49. The number of carbonyl (C=O) groups is 3. The molecule has 1 saturated heterocycles. The summed E-state index contributed by atoms with van der Waals surface area (Å²) < 4.78 is 10.3. The van der Waals surface area contributed by atoms with Crippen LogP contribution in [0, 0.1) is 5.41 Å². The van der Waals surface area contributed by atoms with Crippen LogP contribution in [0.1, 0.15) is 37.6 Å². The van der Waals surface area contributed by atoms with Crippen molar-refractivity contribution in [2.75, 3.05) is 13.2 Å². The molecule has 1 aliphatic rings. The van der Waals surface area contributed by atoms with Gasteiger partial charge >= 0.3 is 12.1 Å². The Morgan fingerprint density at radius 2 is 1.91 bits per heavy atom. The highest BCUT2D eigenvalue weighted by atomic mass is 16.6. The first kappa shape index (κ1) is 17.0. The molecule has 1 unspecified atom stereocenters. The minimum absolute atomic E-state index is 0.0584. The average Bonchev–Trinajstić information content (AvgIpc) is 2.92. The maximum absolute atomic E-state index is 12.3. The van der Waals surface area contributed by atoms with Crippen LogP contribution in [0.5, 0.6) is 0 Å². The lowest BCUT2D eigenvalue weighted by Crippen LogP contribution is -2.40. The number of benzene rings is 1. The molecular weight excluding hydrogens is 298 g/mol. The Kier molecular flexibility index (Phi) is 5.03. The summed E-state index contributed by atoms with van der Waals surface area (Å²) in [5.41, 5.74) is -0.0150. The molecule has 0 saturated carbocycles. The quantitative estimate of drug-likeness (QED) is 0.798. The van der Waals surface area contributed by atoms with Gasteiger partial charge in [-0.2, -0.15) is 0 Å². The van der Waals surface area contributed by atoms with E-state index < -0.39 is 29.5 Å². The molecular formula is C17H21NO5. The van der Waals surface area contributed by atoms with Gasteiger partial charge in [-0.3, -0.25) is 4.79 Å². The number of amides is 2. The topological polar surface area (TPSA) is 72.9 Å². The van der Waals surface area contributed by atoms with Crippen molar-refractivity contribution in [2.24, 2.45) is 5.41 Å². The van der Waals surface area contributed by atoms with Gasteiger partial charge in [-0.05, 0) is 17.5 Å². The number of cyclic esters (lactones) is 1. The fourth-order valence-corrected chi connectivity index (χ4v) is 2.18. The molecule has 0 spiro atoms. The van der Waals surface area contributed by atoms with E-state index in [1.54, 1.807) is 30.3 Å². The van der Waals surface area contributed by atoms with Gasteiger partial charge < -0.3 is 9.47 Å². The zero-order valence-electron chi connectivity index (χ0n) is 13.6. The van der Waals surface area contributed by atoms with Crippen LogP contribution < -0.4 is 0 Å². The number of rotatable bonds is 4. The van der Waals surface area contributed by atoms with Crippen molar-refractivity contribution in [3.8, 4) is 0 Å². The van der Waals surface area contributed by atoms with Crippen LogP contribution in [0.2, 0.25) is 0 Å². The van der Waals surface area contributed by atoms with Gasteiger partial charge in [0.25, 0.3) is 0 Å². The van der Waals surface area contributed by atoms with E-state index in [1.807, 2.05) is 20.8 Å². The average molecular weight is 319 g/mol. The summed E-state index contributed by atoms with van der Waals surface area (Å²) in [6, 6.07) is 8.60. The largest absolute Gasteiger partial charge is 0.458 e. The van der Waals surface area contributed by atoms with E-state index in [0.717, 1.165) is 4.90 Å². The first-order chi connectivity index (χ1) is 10.8. The molecule has 2 rings (SSSR count). The second kappa shape index (κ2) is 6.81. The van der Waals surface area contributed by atoms with Crippen molar-refractivity contribution in [2.45, 2.75) is 33.3 Å². The van der Waals surface area contributed by atoms with Gasteiger partial charge in [0.2, 0.25) is 5.91 Å². The zero-order chi connectivity index (χ0) is 17.0. The molecule has 1 heterocycles. The van der Waals surface area contributed by atoms with E-state index >= 15 is 0 Å². The standard InChI is InChI=1S/C17H21NO5/c1-17(2,3)13(11-14(19)18-9-10-22-16(18)21)23-15(20)12-7-5-4-6-8-12/h4-8,13H,9-11H2,1-3H3. The van der Waals surface area contributed by atoms with Crippen LogP contribution in [0.25, 0.3) is 0 Å². The maximum atomic E-state index is 12.3. The molecule has 1 aromatic carbocycles. The van der Waals surface area contributed by atoms with Gasteiger partial charge in [-0.25, -0.2) is 14.5 Å². The molecule has 0 bridgehead atoms. The number of esters is 1. The number of nitrogens with zero attached hydrogens (tertiary/aromatic N) is 1. The monoisotopic (exact) mass is 319 g/mol. The lowest BCUT2D eigenvalue weighted by Gasteiger charge is -2.30. The van der Waals surface area contributed by atoms with Gasteiger partial charge in [0.15, 0.2) is 0 Å². The molecule has 0 aromatic heterocycles.